The summed E-state index contributed by atoms with van der Waals surface area (Å²) in [6, 6.07) is 5.20. The van der Waals surface area contributed by atoms with Crippen LogP contribution in [0, 0.1) is 5.92 Å². The number of Topliss-reactive ketones (excluding diaryl/α,β-unsaturated/α-hetero) is 1. The monoisotopic (exact) mass is 302 g/mol. The van der Waals surface area contributed by atoms with Crippen LogP contribution >= 0.6 is 0 Å². The molecule has 0 aliphatic heterocycles. The van der Waals surface area contributed by atoms with E-state index < -0.39 is 6.36 Å². The van der Waals surface area contributed by atoms with E-state index in [1.165, 1.54) is 18.2 Å². The average molecular weight is 302 g/mol. The van der Waals surface area contributed by atoms with E-state index in [1.54, 1.807) is 0 Å². The van der Waals surface area contributed by atoms with Crippen LogP contribution in [0.3, 0.4) is 0 Å². The Balaban J connectivity index is 1.90. The number of carbonyl (C=O) groups excluding carboxylic acids is 1. The van der Waals surface area contributed by atoms with Crippen LogP contribution in [0.4, 0.5) is 13.2 Å². The second kappa shape index (κ2) is 6.47. The Bertz CT molecular complexity index is 493. The van der Waals surface area contributed by atoms with Gasteiger partial charge in [0.2, 0.25) is 0 Å². The maximum absolute atomic E-state index is 12.1. The summed E-state index contributed by atoms with van der Waals surface area (Å²) in [6.07, 6.45) is -2.54. The maximum Gasteiger partial charge on any atom is 0.573 e. The second-order valence-corrected chi connectivity index (χ2v) is 5.12. The third-order valence-corrected chi connectivity index (χ3v) is 3.46. The fraction of sp³-hybridized carbons (Fsp3) is 0.533. The van der Waals surface area contributed by atoms with Gasteiger partial charge in [-0.05, 0) is 37.8 Å². The highest BCUT2D eigenvalue weighted by atomic mass is 19.4. The predicted octanol–water partition coefficient (Wildman–Crippen LogP) is 3.97. The Kier molecular flexibility index (Phi) is 4.88. The largest absolute Gasteiger partial charge is 0.573 e. The quantitative estimate of drug-likeness (QED) is 0.746. The van der Waals surface area contributed by atoms with Crippen LogP contribution in [0.15, 0.2) is 24.3 Å². The SMILES string of the molecule is CCOC1CC(CC(=O)c2cccc(OC(F)(F)F)c2)C1. The first kappa shape index (κ1) is 15.8. The van der Waals surface area contributed by atoms with Gasteiger partial charge in [-0.3, -0.25) is 4.79 Å². The van der Waals surface area contributed by atoms with Crippen molar-refractivity contribution in [3.63, 3.8) is 0 Å². The van der Waals surface area contributed by atoms with Gasteiger partial charge in [-0.2, -0.15) is 0 Å². The first-order chi connectivity index (χ1) is 9.87. The van der Waals surface area contributed by atoms with Gasteiger partial charge in [0.05, 0.1) is 6.10 Å². The molecule has 0 aromatic heterocycles. The van der Waals surface area contributed by atoms with Gasteiger partial charge in [-0.25, -0.2) is 0 Å². The molecule has 1 fully saturated rings. The van der Waals surface area contributed by atoms with Gasteiger partial charge < -0.3 is 9.47 Å². The number of carbonyl (C=O) groups is 1. The number of alkyl halides is 3. The molecule has 0 N–H and O–H groups in total. The van der Waals surface area contributed by atoms with Crippen molar-refractivity contribution in [2.24, 2.45) is 5.92 Å². The molecule has 0 spiro atoms. The van der Waals surface area contributed by atoms with E-state index in [0.29, 0.717) is 13.0 Å². The van der Waals surface area contributed by atoms with Crippen molar-refractivity contribution in [1.29, 1.82) is 0 Å². The summed E-state index contributed by atoms with van der Waals surface area (Å²) in [6.45, 7) is 2.58. The molecule has 2 rings (SSSR count). The normalized spacial score (nSPS) is 21.7. The molecule has 0 unspecified atom stereocenters. The summed E-state index contributed by atoms with van der Waals surface area (Å²) >= 11 is 0. The first-order valence-corrected chi connectivity index (χ1v) is 6.88. The van der Waals surface area contributed by atoms with Crippen molar-refractivity contribution in [2.45, 2.75) is 38.7 Å². The smallest absolute Gasteiger partial charge is 0.406 e. The standard InChI is InChI=1S/C15H17F3O3/c1-2-20-13-6-10(7-13)8-14(19)11-4-3-5-12(9-11)21-15(16,17)18/h3-5,9-10,13H,2,6-8H2,1H3. The highest BCUT2D eigenvalue weighted by molar-refractivity contribution is 5.96. The van der Waals surface area contributed by atoms with Gasteiger partial charge in [0.25, 0.3) is 0 Å². The first-order valence-electron chi connectivity index (χ1n) is 6.88. The van der Waals surface area contributed by atoms with Crippen molar-refractivity contribution in [3.8, 4) is 5.75 Å². The minimum atomic E-state index is -4.75. The number of hydrogen-bond donors (Lipinski definition) is 0. The van der Waals surface area contributed by atoms with Crippen LogP contribution < -0.4 is 4.74 Å². The van der Waals surface area contributed by atoms with Gasteiger partial charge in [-0.1, -0.05) is 12.1 Å². The summed E-state index contributed by atoms with van der Waals surface area (Å²) in [4.78, 5) is 12.1. The molecule has 1 saturated carbocycles. The van der Waals surface area contributed by atoms with Gasteiger partial charge in [0.15, 0.2) is 5.78 Å². The van der Waals surface area contributed by atoms with Crippen LogP contribution in [-0.4, -0.2) is 24.9 Å². The van der Waals surface area contributed by atoms with Crippen molar-refractivity contribution >= 4 is 5.78 Å². The predicted molar refractivity (Wildman–Crippen MR) is 70.2 cm³/mol. The molecule has 0 amide bonds. The molecule has 0 heterocycles. The molecule has 3 nitrogen and oxygen atoms in total. The summed E-state index contributed by atoms with van der Waals surface area (Å²) in [7, 11) is 0. The molecular formula is C15H17F3O3. The molecule has 1 aromatic carbocycles. The molecule has 0 bridgehead atoms. The number of hydrogen-bond acceptors (Lipinski definition) is 3. The van der Waals surface area contributed by atoms with Crippen molar-refractivity contribution in [3.05, 3.63) is 29.8 Å². The van der Waals surface area contributed by atoms with Gasteiger partial charge in [0, 0.05) is 18.6 Å². The van der Waals surface area contributed by atoms with E-state index in [4.69, 9.17) is 4.74 Å². The Hall–Kier alpha value is -1.56. The highest BCUT2D eigenvalue weighted by Crippen LogP contribution is 2.34. The van der Waals surface area contributed by atoms with Crippen molar-refractivity contribution < 1.29 is 27.4 Å². The maximum atomic E-state index is 12.1. The van der Waals surface area contributed by atoms with Crippen molar-refractivity contribution in [1.82, 2.24) is 0 Å². The minimum absolute atomic E-state index is 0.164. The van der Waals surface area contributed by atoms with E-state index in [2.05, 4.69) is 4.74 Å². The topological polar surface area (TPSA) is 35.5 Å². The zero-order valence-corrected chi connectivity index (χ0v) is 11.7. The molecule has 21 heavy (non-hydrogen) atoms. The van der Waals surface area contributed by atoms with Crippen LogP contribution in [0.5, 0.6) is 5.75 Å². The van der Waals surface area contributed by atoms with Gasteiger partial charge in [-0.15, -0.1) is 13.2 Å². The number of rotatable bonds is 6. The summed E-state index contributed by atoms with van der Waals surface area (Å²) in [5, 5.41) is 0. The van der Waals surface area contributed by atoms with E-state index in [0.717, 1.165) is 18.9 Å². The number of ether oxygens (including phenoxy) is 2. The fourth-order valence-electron chi connectivity index (χ4n) is 2.46. The van der Waals surface area contributed by atoms with Gasteiger partial charge in [0.1, 0.15) is 5.75 Å². The second-order valence-electron chi connectivity index (χ2n) is 5.12. The molecule has 6 heteroatoms. The molecule has 1 aromatic rings. The number of halogens is 3. The summed E-state index contributed by atoms with van der Waals surface area (Å²) in [5.74, 6) is -0.280. The van der Waals surface area contributed by atoms with Crippen LogP contribution in [0.2, 0.25) is 0 Å². The third-order valence-electron chi connectivity index (χ3n) is 3.46. The summed E-state index contributed by atoms with van der Waals surface area (Å²) < 4.78 is 45.7. The van der Waals surface area contributed by atoms with Crippen LogP contribution in [0.25, 0.3) is 0 Å². The average Bonchev–Trinajstić information content (AvgIpc) is 2.34. The molecule has 116 valence electrons. The number of ketones is 1. The van der Waals surface area contributed by atoms with Gasteiger partial charge >= 0.3 is 6.36 Å². The lowest BCUT2D eigenvalue weighted by Gasteiger charge is -2.34. The lowest BCUT2D eigenvalue weighted by atomic mass is 9.78. The summed E-state index contributed by atoms with van der Waals surface area (Å²) in [5.41, 5.74) is 0.247. The van der Waals surface area contributed by atoms with E-state index >= 15 is 0 Å². The lowest BCUT2D eigenvalue weighted by Crippen LogP contribution is -2.32. The number of benzene rings is 1. The van der Waals surface area contributed by atoms with Crippen LogP contribution in [-0.2, 0) is 4.74 Å². The zero-order valence-electron chi connectivity index (χ0n) is 11.7. The Labute approximate surface area is 121 Å². The fourth-order valence-corrected chi connectivity index (χ4v) is 2.46. The highest BCUT2D eigenvalue weighted by Gasteiger charge is 2.32. The molecule has 0 radical (unpaired) electrons. The van der Waals surface area contributed by atoms with Crippen LogP contribution in [0.1, 0.15) is 36.5 Å². The zero-order chi connectivity index (χ0) is 15.5. The minimum Gasteiger partial charge on any atom is -0.406 e. The Morgan fingerprint density at radius 1 is 1.33 bits per heavy atom. The molecule has 1 aliphatic carbocycles. The third kappa shape index (κ3) is 4.74. The van der Waals surface area contributed by atoms with E-state index in [1.807, 2.05) is 6.92 Å². The molecule has 0 saturated heterocycles. The van der Waals surface area contributed by atoms with E-state index in [9.17, 15) is 18.0 Å². The van der Waals surface area contributed by atoms with E-state index in [-0.39, 0.29) is 29.1 Å². The molecular weight excluding hydrogens is 285 g/mol. The molecule has 1 aliphatic rings. The lowest BCUT2D eigenvalue weighted by molar-refractivity contribution is -0.274. The Morgan fingerprint density at radius 2 is 2.05 bits per heavy atom. The van der Waals surface area contributed by atoms with Crippen molar-refractivity contribution in [2.75, 3.05) is 6.61 Å². The molecule has 0 atom stereocenters. The Morgan fingerprint density at radius 3 is 2.67 bits per heavy atom.